The van der Waals surface area contributed by atoms with Crippen LogP contribution in [0.1, 0.15) is 39.2 Å². The standard InChI is InChI=1S/C23H28Cl2N2O2S/c1-4-21(23(29)26-16(2)3)27(15-17-10-11-19(24)20(25)14-17)22(28)12-13-30-18-8-6-5-7-9-18/h5-11,14,16,21H,4,12-13,15H2,1-3H3,(H,26,29). The summed E-state index contributed by atoms with van der Waals surface area (Å²) < 4.78 is 0. The zero-order valence-corrected chi connectivity index (χ0v) is 19.9. The number of carbonyl (C=O) groups is 2. The maximum absolute atomic E-state index is 13.2. The van der Waals surface area contributed by atoms with Gasteiger partial charge >= 0.3 is 0 Å². The van der Waals surface area contributed by atoms with Crippen molar-refractivity contribution in [3.05, 3.63) is 64.1 Å². The molecule has 0 aliphatic heterocycles. The van der Waals surface area contributed by atoms with Crippen LogP contribution in [-0.4, -0.2) is 34.6 Å². The summed E-state index contributed by atoms with van der Waals surface area (Å²) >= 11 is 13.8. The minimum absolute atomic E-state index is 0.00196. The minimum Gasteiger partial charge on any atom is -0.352 e. The summed E-state index contributed by atoms with van der Waals surface area (Å²) in [6.45, 7) is 6.03. The molecule has 0 saturated carbocycles. The van der Waals surface area contributed by atoms with E-state index in [1.54, 1.807) is 28.8 Å². The number of amides is 2. The van der Waals surface area contributed by atoms with Gasteiger partial charge in [0.05, 0.1) is 10.0 Å². The van der Waals surface area contributed by atoms with Crippen molar-refractivity contribution in [1.82, 2.24) is 10.2 Å². The molecule has 0 heterocycles. The summed E-state index contributed by atoms with van der Waals surface area (Å²) in [6.07, 6.45) is 0.865. The van der Waals surface area contributed by atoms with E-state index in [0.717, 1.165) is 10.5 Å². The van der Waals surface area contributed by atoms with Gasteiger partial charge in [0, 0.05) is 29.7 Å². The van der Waals surface area contributed by atoms with E-state index in [-0.39, 0.29) is 17.9 Å². The monoisotopic (exact) mass is 466 g/mol. The van der Waals surface area contributed by atoms with Crippen LogP contribution in [0.15, 0.2) is 53.4 Å². The van der Waals surface area contributed by atoms with Crippen molar-refractivity contribution in [1.29, 1.82) is 0 Å². The second-order valence-electron chi connectivity index (χ2n) is 7.27. The summed E-state index contributed by atoms with van der Waals surface area (Å²) in [4.78, 5) is 28.7. The van der Waals surface area contributed by atoms with E-state index in [1.807, 2.05) is 57.2 Å². The van der Waals surface area contributed by atoms with E-state index in [0.29, 0.717) is 35.2 Å². The molecule has 7 heteroatoms. The third kappa shape index (κ3) is 7.53. The molecule has 4 nitrogen and oxygen atoms in total. The Bertz CT molecular complexity index is 846. The highest BCUT2D eigenvalue weighted by atomic mass is 35.5. The topological polar surface area (TPSA) is 49.4 Å². The van der Waals surface area contributed by atoms with Gasteiger partial charge in [0.25, 0.3) is 0 Å². The fourth-order valence-electron chi connectivity index (χ4n) is 3.05. The van der Waals surface area contributed by atoms with Crippen LogP contribution in [0.4, 0.5) is 0 Å². The maximum atomic E-state index is 13.2. The van der Waals surface area contributed by atoms with Crippen molar-refractivity contribution >= 4 is 46.8 Å². The maximum Gasteiger partial charge on any atom is 0.243 e. The van der Waals surface area contributed by atoms with Gasteiger partial charge in [-0.25, -0.2) is 0 Å². The van der Waals surface area contributed by atoms with Gasteiger partial charge in [0.1, 0.15) is 6.04 Å². The lowest BCUT2D eigenvalue weighted by molar-refractivity contribution is -0.141. The van der Waals surface area contributed by atoms with Gasteiger partial charge in [0.2, 0.25) is 11.8 Å². The Hall–Kier alpha value is -1.69. The van der Waals surface area contributed by atoms with Gasteiger partial charge in [-0.3, -0.25) is 9.59 Å². The van der Waals surface area contributed by atoms with Crippen LogP contribution in [0.2, 0.25) is 10.0 Å². The minimum atomic E-state index is -0.545. The zero-order chi connectivity index (χ0) is 22.1. The number of hydrogen-bond acceptors (Lipinski definition) is 3. The molecule has 30 heavy (non-hydrogen) atoms. The molecule has 162 valence electrons. The Morgan fingerprint density at radius 3 is 2.37 bits per heavy atom. The molecule has 0 bridgehead atoms. The van der Waals surface area contributed by atoms with Crippen molar-refractivity contribution in [2.75, 3.05) is 5.75 Å². The number of thioether (sulfide) groups is 1. The van der Waals surface area contributed by atoms with E-state index >= 15 is 0 Å². The summed E-state index contributed by atoms with van der Waals surface area (Å²) in [7, 11) is 0. The lowest BCUT2D eigenvalue weighted by Gasteiger charge is -2.31. The summed E-state index contributed by atoms with van der Waals surface area (Å²) in [5.74, 6) is 0.440. The first kappa shape index (κ1) is 24.6. The molecule has 1 unspecified atom stereocenters. The molecule has 2 aromatic rings. The van der Waals surface area contributed by atoms with Crippen LogP contribution in [-0.2, 0) is 16.1 Å². The molecular weight excluding hydrogens is 439 g/mol. The van der Waals surface area contributed by atoms with Crippen molar-refractivity contribution in [3.63, 3.8) is 0 Å². The Morgan fingerprint density at radius 2 is 1.77 bits per heavy atom. The van der Waals surface area contributed by atoms with Crippen LogP contribution < -0.4 is 5.32 Å². The lowest BCUT2D eigenvalue weighted by Crippen LogP contribution is -2.50. The Balaban J connectivity index is 2.16. The van der Waals surface area contributed by atoms with Gasteiger partial charge in [-0.2, -0.15) is 0 Å². The summed E-state index contributed by atoms with van der Waals surface area (Å²) in [6, 6.07) is 14.7. The van der Waals surface area contributed by atoms with Crippen LogP contribution in [0.25, 0.3) is 0 Å². The van der Waals surface area contributed by atoms with Crippen molar-refractivity contribution in [2.24, 2.45) is 0 Å². The third-order valence-electron chi connectivity index (χ3n) is 4.48. The third-order valence-corrected chi connectivity index (χ3v) is 6.23. The molecule has 0 spiro atoms. The van der Waals surface area contributed by atoms with Crippen LogP contribution in [0, 0.1) is 0 Å². The molecule has 2 aromatic carbocycles. The second kappa shape index (κ2) is 12.2. The lowest BCUT2D eigenvalue weighted by atomic mass is 10.1. The average Bonchev–Trinajstić information content (AvgIpc) is 2.70. The largest absolute Gasteiger partial charge is 0.352 e. The van der Waals surface area contributed by atoms with E-state index < -0.39 is 6.04 Å². The average molecular weight is 467 g/mol. The zero-order valence-electron chi connectivity index (χ0n) is 17.5. The molecule has 0 saturated heterocycles. The molecule has 0 aliphatic carbocycles. The van der Waals surface area contributed by atoms with Gasteiger partial charge in [0.15, 0.2) is 0 Å². The van der Waals surface area contributed by atoms with Crippen molar-refractivity contribution in [2.45, 2.75) is 57.1 Å². The highest BCUT2D eigenvalue weighted by Gasteiger charge is 2.28. The van der Waals surface area contributed by atoms with E-state index in [1.165, 1.54) is 0 Å². The number of hydrogen-bond donors (Lipinski definition) is 1. The Morgan fingerprint density at radius 1 is 1.07 bits per heavy atom. The molecule has 0 aliphatic rings. The van der Waals surface area contributed by atoms with E-state index in [2.05, 4.69) is 5.32 Å². The van der Waals surface area contributed by atoms with Crippen LogP contribution >= 0.6 is 35.0 Å². The Labute approximate surface area is 193 Å². The van der Waals surface area contributed by atoms with Gasteiger partial charge < -0.3 is 10.2 Å². The molecular formula is C23H28Cl2N2O2S. The predicted octanol–water partition coefficient (Wildman–Crippen LogP) is 5.81. The molecule has 0 fully saturated rings. The highest BCUT2D eigenvalue weighted by Crippen LogP contribution is 2.25. The summed E-state index contributed by atoms with van der Waals surface area (Å²) in [5, 5.41) is 3.82. The number of carbonyl (C=O) groups excluding carboxylic acids is 2. The first-order valence-corrected chi connectivity index (χ1v) is 11.8. The molecule has 0 aromatic heterocycles. The second-order valence-corrected chi connectivity index (χ2v) is 9.25. The fraction of sp³-hybridized carbons (Fsp3) is 0.391. The van der Waals surface area contributed by atoms with Gasteiger partial charge in [-0.1, -0.05) is 54.4 Å². The highest BCUT2D eigenvalue weighted by molar-refractivity contribution is 7.99. The van der Waals surface area contributed by atoms with Crippen LogP contribution in [0.5, 0.6) is 0 Å². The number of nitrogens with zero attached hydrogens (tertiary/aromatic N) is 1. The van der Waals surface area contributed by atoms with Crippen LogP contribution in [0.3, 0.4) is 0 Å². The number of halogens is 2. The van der Waals surface area contributed by atoms with E-state index in [4.69, 9.17) is 23.2 Å². The number of rotatable bonds is 10. The molecule has 1 N–H and O–H groups in total. The van der Waals surface area contributed by atoms with E-state index in [9.17, 15) is 9.59 Å². The fourth-order valence-corrected chi connectivity index (χ4v) is 4.23. The first-order chi connectivity index (χ1) is 14.3. The van der Waals surface area contributed by atoms with Gasteiger partial charge in [-0.05, 0) is 50.1 Å². The number of benzene rings is 2. The molecule has 2 amide bonds. The molecule has 2 rings (SSSR count). The predicted molar refractivity (Wildman–Crippen MR) is 126 cm³/mol. The van der Waals surface area contributed by atoms with Crippen molar-refractivity contribution < 1.29 is 9.59 Å². The Kier molecular flexibility index (Phi) is 10.0. The smallest absolute Gasteiger partial charge is 0.243 e. The normalized spacial score (nSPS) is 11.9. The SMILES string of the molecule is CCC(C(=O)NC(C)C)N(Cc1ccc(Cl)c(Cl)c1)C(=O)CCSc1ccccc1. The molecule has 0 radical (unpaired) electrons. The first-order valence-electron chi connectivity index (χ1n) is 10.0. The van der Waals surface area contributed by atoms with Gasteiger partial charge in [-0.15, -0.1) is 11.8 Å². The quantitative estimate of drug-likeness (QED) is 0.449. The molecule has 1 atom stereocenters. The number of nitrogens with one attached hydrogen (secondary N) is 1. The summed E-state index contributed by atoms with van der Waals surface area (Å²) in [5.41, 5.74) is 0.837. The van der Waals surface area contributed by atoms with Crippen molar-refractivity contribution in [3.8, 4) is 0 Å².